The predicted molar refractivity (Wildman–Crippen MR) is 116 cm³/mol. The van der Waals surface area contributed by atoms with Crippen molar-refractivity contribution in [3.05, 3.63) is 53.4 Å². The molecule has 0 unspecified atom stereocenters. The van der Waals surface area contributed by atoms with Crippen molar-refractivity contribution in [1.29, 1.82) is 0 Å². The molecule has 3 aromatic rings. The van der Waals surface area contributed by atoms with Crippen molar-refractivity contribution in [3.63, 3.8) is 0 Å². The highest BCUT2D eigenvalue weighted by molar-refractivity contribution is 6.30. The monoisotopic (exact) mass is 447 g/mol. The maximum absolute atomic E-state index is 14.3. The van der Waals surface area contributed by atoms with Crippen LogP contribution < -0.4 is 14.5 Å². The van der Waals surface area contributed by atoms with Crippen molar-refractivity contribution in [2.24, 2.45) is 0 Å². The Hall–Kier alpha value is -2.65. The molecular weight excluding hydrogens is 425 g/mol. The lowest BCUT2D eigenvalue weighted by atomic mass is 10.1. The maximum atomic E-state index is 14.3. The molecule has 4 rings (SSSR count). The Kier molecular flexibility index (Phi) is 6.72. The van der Waals surface area contributed by atoms with Crippen molar-refractivity contribution >= 4 is 33.9 Å². The number of halogens is 2. The summed E-state index contributed by atoms with van der Waals surface area (Å²) in [5.74, 6) is 0.402. The van der Waals surface area contributed by atoms with Crippen molar-refractivity contribution in [2.75, 3.05) is 51.6 Å². The fourth-order valence-electron chi connectivity index (χ4n) is 3.49. The van der Waals surface area contributed by atoms with Crippen LogP contribution in [0.15, 0.2) is 42.6 Å². The third-order valence-corrected chi connectivity index (χ3v) is 5.37. The number of fused-ring (bicyclic) bond motifs is 1. The zero-order valence-corrected chi connectivity index (χ0v) is 17.8. The summed E-state index contributed by atoms with van der Waals surface area (Å²) in [5, 5.41) is 12.3. The number of hydrogen-bond donors (Lipinski definition) is 1. The minimum Gasteiger partial charge on any atom is -0.493 e. The number of anilines is 2. The Morgan fingerprint density at radius 2 is 1.97 bits per heavy atom. The van der Waals surface area contributed by atoms with Gasteiger partial charge < -0.3 is 14.2 Å². The van der Waals surface area contributed by atoms with E-state index in [0.29, 0.717) is 34.7 Å². The van der Waals surface area contributed by atoms with E-state index in [1.54, 1.807) is 31.5 Å². The molecule has 0 aliphatic carbocycles. The third-order valence-electron chi connectivity index (χ3n) is 5.14. The zero-order valence-electron chi connectivity index (χ0n) is 17.1. The van der Waals surface area contributed by atoms with Gasteiger partial charge in [0.15, 0.2) is 17.3 Å². The summed E-state index contributed by atoms with van der Waals surface area (Å²) in [4.78, 5) is 6.65. The SMILES string of the molecule is COc1cc2c(N(O)c3ccc(Cl)cc3F)ccnc2cc1OCCN1CCOCC1. The van der Waals surface area contributed by atoms with Crippen molar-refractivity contribution in [1.82, 2.24) is 9.88 Å². The van der Waals surface area contributed by atoms with Gasteiger partial charge in [0.25, 0.3) is 0 Å². The number of methoxy groups -OCH3 is 1. The number of nitrogens with zero attached hydrogens (tertiary/aromatic N) is 3. The van der Waals surface area contributed by atoms with E-state index in [4.69, 9.17) is 25.8 Å². The van der Waals surface area contributed by atoms with E-state index in [2.05, 4.69) is 9.88 Å². The Morgan fingerprint density at radius 1 is 1.16 bits per heavy atom. The average molecular weight is 448 g/mol. The Balaban J connectivity index is 1.60. The quantitative estimate of drug-likeness (QED) is 0.542. The molecule has 0 saturated carbocycles. The summed E-state index contributed by atoms with van der Waals surface area (Å²) in [6.07, 6.45) is 1.54. The molecule has 0 bridgehead atoms. The molecule has 7 nitrogen and oxygen atoms in total. The normalized spacial score (nSPS) is 14.6. The van der Waals surface area contributed by atoms with Gasteiger partial charge >= 0.3 is 0 Å². The molecule has 1 saturated heterocycles. The number of aromatic nitrogens is 1. The van der Waals surface area contributed by atoms with Gasteiger partial charge in [0.1, 0.15) is 12.3 Å². The van der Waals surface area contributed by atoms with Gasteiger partial charge in [-0.1, -0.05) is 11.6 Å². The van der Waals surface area contributed by atoms with E-state index >= 15 is 0 Å². The van der Waals surface area contributed by atoms with Crippen LogP contribution >= 0.6 is 11.6 Å². The minimum atomic E-state index is -0.644. The molecule has 1 N–H and O–H groups in total. The van der Waals surface area contributed by atoms with E-state index in [9.17, 15) is 9.60 Å². The van der Waals surface area contributed by atoms with Crippen LogP contribution in [0.4, 0.5) is 15.8 Å². The first kappa shape index (κ1) is 21.6. The lowest BCUT2D eigenvalue weighted by Gasteiger charge is -2.26. The van der Waals surface area contributed by atoms with Gasteiger partial charge in [-0.2, -0.15) is 0 Å². The van der Waals surface area contributed by atoms with Crippen molar-refractivity contribution < 1.29 is 23.8 Å². The molecule has 0 atom stereocenters. The molecule has 9 heteroatoms. The third kappa shape index (κ3) is 4.83. The van der Waals surface area contributed by atoms with Gasteiger partial charge in [0.2, 0.25) is 0 Å². The van der Waals surface area contributed by atoms with Gasteiger partial charge in [0, 0.05) is 42.3 Å². The van der Waals surface area contributed by atoms with Crippen molar-refractivity contribution in [3.8, 4) is 11.5 Å². The fraction of sp³-hybridized carbons (Fsp3) is 0.318. The first-order valence-electron chi connectivity index (χ1n) is 9.90. The molecule has 1 aliphatic heterocycles. The molecule has 31 heavy (non-hydrogen) atoms. The molecule has 0 amide bonds. The Labute approximate surface area is 184 Å². The molecule has 2 aromatic carbocycles. The predicted octanol–water partition coefficient (Wildman–Crippen LogP) is 4.27. The molecule has 2 heterocycles. The van der Waals surface area contributed by atoms with Crippen LogP contribution in [0, 0.1) is 5.82 Å². The number of rotatable bonds is 7. The number of hydrogen-bond acceptors (Lipinski definition) is 7. The highest BCUT2D eigenvalue weighted by atomic mass is 35.5. The molecule has 164 valence electrons. The largest absolute Gasteiger partial charge is 0.493 e. The van der Waals surface area contributed by atoms with Crippen LogP contribution in [0.25, 0.3) is 10.9 Å². The second-order valence-corrected chi connectivity index (χ2v) is 7.50. The van der Waals surface area contributed by atoms with Crippen LogP contribution in [0.2, 0.25) is 5.02 Å². The van der Waals surface area contributed by atoms with E-state index in [-0.39, 0.29) is 10.7 Å². The zero-order chi connectivity index (χ0) is 21.8. The summed E-state index contributed by atoms with van der Waals surface area (Å²) in [6.45, 7) is 4.51. The molecule has 0 spiro atoms. The lowest BCUT2D eigenvalue weighted by molar-refractivity contribution is 0.0321. The number of pyridine rings is 1. The van der Waals surface area contributed by atoms with Gasteiger partial charge in [-0.05, 0) is 30.3 Å². The average Bonchev–Trinajstić information content (AvgIpc) is 2.78. The summed E-state index contributed by atoms with van der Waals surface area (Å²) >= 11 is 5.82. The standard InChI is InChI=1S/C22H23ClFN3O4/c1-29-21-13-16-18(14-22(21)31-11-8-26-6-9-30-10-7-26)25-5-4-19(16)27(28)20-3-2-15(23)12-17(20)24/h2-5,12-14,28H,6-11H2,1H3. The Morgan fingerprint density at radius 3 is 2.71 bits per heavy atom. The minimum absolute atomic E-state index is 0.0262. The summed E-state index contributed by atoms with van der Waals surface area (Å²) in [5.41, 5.74) is 0.902. The highest BCUT2D eigenvalue weighted by Gasteiger charge is 2.18. The number of benzene rings is 2. The Bertz CT molecular complexity index is 1060. The van der Waals surface area contributed by atoms with E-state index in [0.717, 1.165) is 44.0 Å². The van der Waals surface area contributed by atoms with Crippen LogP contribution in [0.5, 0.6) is 11.5 Å². The summed E-state index contributed by atoms with van der Waals surface area (Å²) < 4.78 is 31.1. The summed E-state index contributed by atoms with van der Waals surface area (Å²) in [7, 11) is 1.54. The van der Waals surface area contributed by atoms with Crippen molar-refractivity contribution in [2.45, 2.75) is 0 Å². The first-order valence-corrected chi connectivity index (χ1v) is 10.3. The van der Waals surface area contributed by atoms with Crippen LogP contribution in [0.1, 0.15) is 0 Å². The smallest absolute Gasteiger partial charge is 0.163 e. The maximum Gasteiger partial charge on any atom is 0.163 e. The second-order valence-electron chi connectivity index (χ2n) is 7.06. The topological polar surface area (TPSA) is 67.3 Å². The number of ether oxygens (including phenoxy) is 3. The van der Waals surface area contributed by atoms with Gasteiger partial charge in [-0.15, -0.1) is 0 Å². The van der Waals surface area contributed by atoms with Crippen LogP contribution in [-0.4, -0.2) is 61.7 Å². The van der Waals surface area contributed by atoms with Crippen LogP contribution in [0.3, 0.4) is 0 Å². The molecule has 1 aliphatic rings. The molecule has 1 fully saturated rings. The van der Waals surface area contributed by atoms with Gasteiger partial charge in [-0.25, -0.2) is 9.45 Å². The van der Waals surface area contributed by atoms with E-state index < -0.39 is 5.82 Å². The number of morpholine rings is 1. The second kappa shape index (κ2) is 9.65. The fourth-order valence-corrected chi connectivity index (χ4v) is 3.65. The van der Waals surface area contributed by atoms with Gasteiger partial charge in [0.05, 0.1) is 31.5 Å². The van der Waals surface area contributed by atoms with E-state index in [1.165, 1.54) is 12.1 Å². The molecule has 1 aromatic heterocycles. The summed E-state index contributed by atoms with van der Waals surface area (Å²) in [6, 6.07) is 9.12. The highest BCUT2D eigenvalue weighted by Crippen LogP contribution is 2.38. The van der Waals surface area contributed by atoms with Crippen LogP contribution in [-0.2, 0) is 4.74 Å². The first-order chi connectivity index (χ1) is 15.1. The van der Waals surface area contributed by atoms with Gasteiger partial charge in [-0.3, -0.25) is 15.1 Å². The molecule has 0 radical (unpaired) electrons. The molecular formula is C22H23ClFN3O4. The van der Waals surface area contributed by atoms with E-state index in [1.807, 2.05) is 0 Å². The lowest BCUT2D eigenvalue weighted by Crippen LogP contribution is -2.38.